The number of likely N-dealkylation sites (tertiary alicyclic amines) is 1. The van der Waals surface area contributed by atoms with Gasteiger partial charge in [0.1, 0.15) is 5.60 Å². The molecule has 1 aromatic rings. The molecular weight excluding hydrogens is 378 g/mol. The molecule has 1 amide bonds. The fourth-order valence-corrected chi connectivity index (χ4v) is 4.15. The number of amides is 1. The first-order valence-corrected chi connectivity index (χ1v) is 10.7. The molecular formula is C22H30F2N2O3. The van der Waals surface area contributed by atoms with E-state index in [0.29, 0.717) is 18.7 Å². The maximum Gasteiger partial charge on any atom is 0.410 e. The number of hydrogen-bond donors (Lipinski definition) is 1. The molecule has 2 aliphatic heterocycles. The van der Waals surface area contributed by atoms with Gasteiger partial charge in [0.15, 0.2) is 17.4 Å². The summed E-state index contributed by atoms with van der Waals surface area (Å²) in [5, 5.41) is 3.26. The molecule has 0 unspecified atom stereocenters. The Balaban J connectivity index is 1.27. The van der Waals surface area contributed by atoms with E-state index < -0.39 is 11.6 Å². The number of carbonyl (C=O) groups is 1. The Labute approximate surface area is 170 Å². The van der Waals surface area contributed by atoms with Gasteiger partial charge in [-0.15, -0.1) is 0 Å². The summed E-state index contributed by atoms with van der Waals surface area (Å²) in [5.41, 5.74) is 0.442. The van der Waals surface area contributed by atoms with Gasteiger partial charge in [0.05, 0.1) is 6.61 Å². The SMILES string of the molecule is CC1(OC(=O)N2CCC(COc3c(F)cc(C4CCNCC4)cc3F)CC2)CC1. The van der Waals surface area contributed by atoms with Crippen LogP contribution in [0.3, 0.4) is 0 Å². The van der Waals surface area contributed by atoms with Crippen LogP contribution in [0.2, 0.25) is 0 Å². The summed E-state index contributed by atoms with van der Waals surface area (Å²) in [5.74, 6) is -1.18. The minimum absolute atomic E-state index is 0.165. The van der Waals surface area contributed by atoms with Crippen molar-refractivity contribution in [3.8, 4) is 5.75 Å². The Morgan fingerprint density at radius 3 is 2.34 bits per heavy atom. The van der Waals surface area contributed by atoms with Crippen molar-refractivity contribution in [3.63, 3.8) is 0 Å². The molecule has 0 radical (unpaired) electrons. The molecule has 5 nitrogen and oxygen atoms in total. The topological polar surface area (TPSA) is 50.8 Å². The summed E-state index contributed by atoms with van der Waals surface area (Å²) in [6.07, 6.45) is 4.85. The lowest BCUT2D eigenvalue weighted by atomic mass is 9.90. The van der Waals surface area contributed by atoms with E-state index in [1.54, 1.807) is 4.90 Å². The molecule has 3 fully saturated rings. The number of nitrogens with one attached hydrogen (secondary N) is 1. The van der Waals surface area contributed by atoms with Crippen molar-refractivity contribution in [3.05, 3.63) is 29.3 Å². The summed E-state index contributed by atoms with van der Waals surface area (Å²) in [6.45, 7) is 5.12. The van der Waals surface area contributed by atoms with Crippen LogP contribution >= 0.6 is 0 Å². The Hall–Kier alpha value is -1.89. The lowest BCUT2D eigenvalue weighted by Gasteiger charge is -2.32. The minimum atomic E-state index is -0.628. The van der Waals surface area contributed by atoms with Gasteiger partial charge < -0.3 is 19.7 Å². The summed E-state index contributed by atoms with van der Waals surface area (Å²) in [4.78, 5) is 13.9. The van der Waals surface area contributed by atoms with Gasteiger partial charge in [-0.1, -0.05) is 0 Å². The lowest BCUT2D eigenvalue weighted by Crippen LogP contribution is -2.41. The van der Waals surface area contributed by atoms with Gasteiger partial charge in [-0.2, -0.15) is 0 Å². The van der Waals surface area contributed by atoms with E-state index in [9.17, 15) is 13.6 Å². The van der Waals surface area contributed by atoms with Gasteiger partial charge in [-0.25, -0.2) is 13.6 Å². The number of benzene rings is 1. The molecule has 2 heterocycles. The van der Waals surface area contributed by atoms with Gasteiger partial charge in [-0.05, 0) is 88.1 Å². The van der Waals surface area contributed by atoms with Crippen LogP contribution < -0.4 is 10.1 Å². The van der Waals surface area contributed by atoms with Crippen LogP contribution in [-0.2, 0) is 4.74 Å². The highest BCUT2D eigenvalue weighted by molar-refractivity contribution is 5.68. The van der Waals surface area contributed by atoms with Crippen LogP contribution in [0.15, 0.2) is 12.1 Å². The molecule has 7 heteroatoms. The van der Waals surface area contributed by atoms with Gasteiger partial charge >= 0.3 is 6.09 Å². The highest BCUT2D eigenvalue weighted by Gasteiger charge is 2.43. The summed E-state index contributed by atoms with van der Waals surface area (Å²) in [6, 6.07) is 2.84. The van der Waals surface area contributed by atoms with Crippen molar-refractivity contribution < 1.29 is 23.0 Å². The highest BCUT2D eigenvalue weighted by Crippen LogP contribution is 2.39. The summed E-state index contributed by atoms with van der Waals surface area (Å²) in [7, 11) is 0. The number of halogens is 2. The number of piperidine rings is 2. The predicted octanol–water partition coefficient (Wildman–Crippen LogP) is 4.21. The van der Waals surface area contributed by atoms with Crippen LogP contribution in [0.4, 0.5) is 13.6 Å². The van der Waals surface area contributed by atoms with E-state index in [4.69, 9.17) is 9.47 Å². The number of carbonyl (C=O) groups excluding carboxylic acids is 1. The van der Waals surface area contributed by atoms with E-state index >= 15 is 0 Å². The molecule has 1 saturated carbocycles. The normalized spacial score (nSPS) is 22.4. The smallest absolute Gasteiger partial charge is 0.410 e. The molecule has 1 aromatic carbocycles. The first-order valence-electron chi connectivity index (χ1n) is 10.7. The lowest BCUT2D eigenvalue weighted by molar-refractivity contribution is 0.0453. The van der Waals surface area contributed by atoms with Crippen LogP contribution in [0.5, 0.6) is 5.75 Å². The van der Waals surface area contributed by atoms with Crippen LogP contribution in [0, 0.1) is 17.6 Å². The zero-order chi connectivity index (χ0) is 20.4. The van der Waals surface area contributed by atoms with Crippen molar-refractivity contribution in [1.29, 1.82) is 0 Å². The second-order valence-electron chi connectivity index (χ2n) is 8.90. The van der Waals surface area contributed by atoms with Gasteiger partial charge in [0.2, 0.25) is 0 Å². The Kier molecular flexibility index (Phi) is 5.95. The fourth-order valence-electron chi connectivity index (χ4n) is 4.15. The van der Waals surface area contributed by atoms with Crippen LogP contribution in [0.25, 0.3) is 0 Å². The third kappa shape index (κ3) is 5.00. The fraction of sp³-hybridized carbons (Fsp3) is 0.682. The molecule has 160 valence electrons. The van der Waals surface area contributed by atoms with Crippen molar-refractivity contribution >= 4 is 6.09 Å². The van der Waals surface area contributed by atoms with Gasteiger partial charge in [0.25, 0.3) is 0 Å². The molecule has 0 spiro atoms. The van der Waals surface area contributed by atoms with E-state index in [1.165, 1.54) is 12.1 Å². The Bertz CT molecular complexity index is 717. The number of hydrogen-bond acceptors (Lipinski definition) is 4. The molecule has 29 heavy (non-hydrogen) atoms. The average Bonchev–Trinajstić information content (AvgIpc) is 3.45. The molecule has 0 bridgehead atoms. The maximum absolute atomic E-state index is 14.5. The Morgan fingerprint density at radius 2 is 1.76 bits per heavy atom. The highest BCUT2D eigenvalue weighted by atomic mass is 19.1. The number of nitrogens with zero attached hydrogens (tertiary/aromatic N) is 1. The zero-order valence-corrected chi connectivity index (χ0v) is 17.0. The standard InChI is InChI=1S/C22H30F2N2O3/c1-22(6-7-22)29-21(27)26-10-4-15(5-11-26)14-28-20-18(23)12-17(13-19(20)24)16-2-8-25-9-3-16/h12-13,15-16,25H,2-11,14H2,1H3. The van der Waals surface area contributed by atoms with Crippen molar-refractivity contribution in [2.45, 2.75) is 57.0 Å². The maximum atomic E-state index is 14.5. The molecule has 3 aliphatic rings. The zero-order valence-electron chi connectivity index (χ0n) is 17.0. The molecule has 0 aromatic heterocycles. The van der Waals surface area contributed by atoms with E-state index in [0.717, 1.165) is 51.6 Å². The van der Waals surface area contributed by atoms with E-state index in [2.05, 4.69) is 5.32 Å². The van der Waals surface area contributed by atoms with Crippen LogP contribution in [0.1, 0.15) is 56.9 Å². The average molecular weight is 408 g/mol. The third-order valence-corrected chi connectivity index (χ3v) is 6.46. The second kappa shape index (κ2) is 8.46. The van der Waals surface area contributed by atoms with Gasteiger partial charge in [-0.3, -0.25) is 0 Å². The third-order valence-electron chi connectivity index (χ3n) is 6.46. The summed E-state index contributed by atoms with van der Waals surface area (Å²) >= 11 is 0. The minimum Gasteiger partial charge on any atom is -0.487 e. The first-order chi connectivity index (χ1) is 13.9. The Morgan fingerprint density at radius 1 is 1.14 bits per heavy atom. The monoisotopic (exact) mass is 408 g/mol. The van der Waals surface area contributed by atoms with Gasteiger partial charge in [0, 0.05) is 13.1 Å². The molecule has 1 aliphatic carbocycles. The molecule has 2 saturated heterocycles. The molecule has 0 atom stereocenters. The quantitative estimate of drug-likeness (QED) is 0.793. The van der Waals surface area contributed by atoms with E-state index in [-0.39, 0.29) is 35.9 Å². The largest absolute Gasteiger partial charge is 0.487 e. The van der Waals surface area contributed by atoms with Crippen molar-refractivity contribution in [2.24, 2.45) is 5.92 Å². The van der Waals surface area contributed by atoms with E-state index in [1.807, 2.05) is 6.92 Å². The van der Waals surface area contributed by atoms with Crippen LogP contribution in [-0.4, -0.2) is 49.4 Å². The molecule has 1 N–H and O–H groups in total. The predicted molar refractivity (Wildman–Crippen MR) is 105 cm³/mol. The number of ether oxygens (including phenoxy) is 2. The summed E-state index contributed by atoms with van der Waals surface area (Å²) < 4.78 is 40.0. The van der Waals surface area contributed by atoms with Crippen molar-refractivity contribution in [2.75, 3.05) is 32.8 Å². The van der Waals surface area contributed by atoms with Crippen molar-refractivity contribution in [1.82, 2.24) is 10.2 Å². The molecule has 4 rings (SSSR count). The first kappa shape index (κ1) is 20.4. The second-order valence-corrected chi connectivity index (χ2v) is 8.90. The number of rotatable bonds is 5.